The Balaban J connectivity index is 1.80. The van der Waals surface area contributed by atoms with Gasteiger partial charge in [0.2, 0.25) is 0 Å². The molecule has 1 N–H and O–H groups in total. The number of aromatic nitrogens is 2. The van der Waals surface area contributed by atoms with E-state index in [0.29, 0.717) is 33.8 Å². The maximum absolute atomic E-state index is 13.5. The second kappa shape index (κ2) is 7.87. The van der Waals surface area contributed by atoms with E-state index in [-0.39, 0.29) is 18.0 Å². The first-order valence-corrected chi connectivity index (χ1v) is 10.1. The molecule has 2 aromatic heterocycles. The first-order valence-electron chi connectivity index (χ1n) is 9.26. The molecule has 0 spiro atoms. The Morgan fingerprint density at radius 1 is 1.23 bits per heavy atom. The number of esters is 1. The lowest BCUT2D eigenvalue weighted by Crippen LogP contribution is -2.17. The van der Waals surface area contributed by atoms with Gasteiger partial charge in [0.05, 0.1) is 27.9 Å². The summed E-state index contributed by atoms with van der Waals surface area (Å²) >= 11 is 1.42. The molecule has 0 saturated heterocycles. The van der Waals surface area contributed by atoms with Crippen LogP contribution in [-0.4, -0.2) is 29.7 Å². The zero-order valence-corrected chi connectivity index (χ0v) is 17.5. The number of carbonyl (C=O) groups is 1. The van der Waals surface area contributed by atoms with Crippen molar-refractivity contribution in [3.63, 3.8) is 0 Å². The number of nitrogens with one attached hydrogen (secondary N) is 1. The van der Waals surface area contributed by atoms with Crippen LogP contribution in [0, 0.1) is 19.7 Å². The predicted molar refractivity (Wildman–Crippen MR) is 114 cm³/mol. The third-order valence-electron chi connectivity index (χ3n) is 4.89. The first kappa shape index (κ1) is 20.0. The highest BCUT2D eigenvalue weighted by atomic mass is 32.1. The average Bonchev–Trinajstić information content (AvgIpc) is 3.10. The number of H-pyrrole nitrogens is 1. The molecule has 0 amide bonds. The number of aryl methyl sites for hydroxylation is 2. The standard InChI is InChI=1S/C22H19FN2O4S/c1-11-6-16-21(17(7-11)29-10-20(26)28-3)12(2)14(22(27)25-16)9-19-24-15-8-13(23)4-5-18(15)30-19/h4-8H,9-10H2,1-3H3,(H,25,27). The number of hydrogen-bond donors (Lipinski definition) is 1. The molecule has 0 aliphatic carbocycles. The summed E-state index contributed by atoms with van der Waals surface area (Å²) in [6.07, 6.45) is 0.308. The number of nitrogens with zero attached hydrogens (tertiary/aromatic N) is 1. The van der Waals surface area contributed by atoms with Gasteiger partial charge in [-0.25, -0.2) is 14.2 Å². The molecular formula is C22H19FN2O4S. The van der Waals surface area contributed by atoms with Gasteiger partial charge in [-0.15, -0.1) is 11.3 Å². The van der Waals surface area contributed by atoms with Gasteiger partial charge in [0.1, 0.15) is 11.6 Å². The summed E-state index contributed by atoms with van der Waals surface area (Å²) in [5.74, 6) is -0.340. The van der Waals surface area contributed by atoms with Crippen molar-refractivity contribution in [2.24, 2.45) is 0 Å². The summed E-state index contributed by atoms with van der Waals surface area (Å²) in [6.45, 7) is 3.50. The van der Waals surface area contributed by atoms with Crippen LogP contribution in [0.1, 0.15) is 21.7 Å². The highest BCUT2D eigenvalue weighted by molar-refractivity contribution is 7.18. The molecule has 30 heavy (non-hydrogen) atoms. The molecule has 8 heteroatoms. The number of fused-ring (bicyclic) bond motifs is 2. The molecule has 0 radical (unpaired) electrons. The Morgan fingerprint density at radius 2 is 2.03 bits per heavy atom. The molecule has 0 atom stereocenters. The second-order valence-electron chi connectivity index (χ2n) is 7.00. The monoisotopic (exact) mass is 426 g/mol. The summed E-state index contributed by atoms with van der Waals surface area (Å²) in [5.41, 5.74) is 3.18. The number of rotatable bonds is 5. The lowest BCUT2D eigenvalue weighted by molar-refractivity contribution is -0.142. The smallest absolute Gasteiger partial charge is 0.343 e. The minimum atomic E-state index is -0.492. The van der Waals surface area contributed by atoms with Crippen molar-refractivity contribution in [3.05, 3.63) is 68.2 Å². The maximum Gasteiger partial charge on any atom is 0.343 e. The third kappa shape index (κ3) is 3.78. The van der Waals surface area contributed by atoms with Gasteiger partial charge in [0.25, 0.3) is 5.56 Å². The number of aromatic amines is 1. The Hall–Kier alpha value is -3.26. The van der Waals surface area contributed by atoms with E-state index in [1.165, 1.54) is 30.6 Å². The number of hydrogen-bond acceptors (Lipinski definition) is 6. The van der Waals surface area contributed by atoms with Crippen molar-refractivity contribution in [3.8, 4) is 5.75 Å². The fourth-order valence-corrected chi connectivity index (χ4v) is 4.41. The summed E-state index contributed by atoms with van der Waals surface area (Å²) in [5, 5.41) is 1.44. The van der Waals surface area contributed by atoms with E-state index in [2.05, 4.69) is 14.7 Å². The lowest BCUT2D eigenvalue weighted by atomic mass is 10.0. The molecule has 0 fully saturated rings. The van der Waals surface area contributed by atoms with Crippen LogP contribution in [0.3, 0.4) is 0 Å². The Bertz CT molecular complexity index is 1340. The van der Waals surface area contributed by atoms with E-state index in [9.17, 15) is 14.0 Å². The Morgan fingerprint density at radius 3 is 2.80 bits per heavy atom. The molecule has 0 aliphatic heterocycles. The summed E-state index contributed by atoms with van der Waals surface area (Å²) in [4.78, 5) is 31.7. The van der Waals surface area contributed by atoms with E-state index in [4.69, 9.17) is 4.74 Å². The minimum Gasteiger partial charge on any atom is -0.481 e. The molecule has 4 rings (SSSR count). The van der Waals surface area contributed by atoms with Gasteiger partial charge in [-0.3, -0.25) is 4.79 Å². The highest BCUT2D eigenvalue weighted by Crippen LogP contribution is 2.31. The van der Waals surface area contributed by atoms with Crippen LogP contribution in [0.4, 0.5) is 4.39 Å². The molecule has 2 aromatic carbocycles. The van der Waals surface area contributed by atoms with Gasteiger partial charge in [-0.05, 0) is 49.2 Å². The van der Waals surface area contributed by atoms with E-state index in [0.717, 1.165) is 21.2 Å². The highest BCUT2D eigenvalue weighted by Gasteiger charge is 2.17. The van der Waals surface area contributed by atoms with E-state index < -0.39 is 5.97 Å². The van der Waals surface area contributed by atoms with E-state index in [1.807, 2.05) is 26.0 Å². The summed E-state index contributed by atoms with van der Waals surface area (Å²) in [6, 6.07) is 8.14. The SMILES string of the molecule is COC(=O)COc1cc(C)cc2[nH]c(=O)c(Cc3nc4cc(F)ccc4s3)c(C)c12. The average molecular weight is 426 g/mol. The van der Waals surface area contributed by atoms with Gasteiger partial charge in [0.15, 0.2) is 6.61 Å². The van der Waals surface area contributed by atoms with Crippen molar-refractivity contribution in [2.45, 2.75) is 20.3 Å². The quantitative estimate of drug-likeness (QED) is 0.487. The molecule has 0 aliphatic rings. The van der Waals surface area contributed by atoms with E-state index in [1.54, 1.807) is 6.07 Å². The van der Waals surface area contributed by atoms with Gasteiger partial charge >= 0.3 is 5.97 Å². The van der Waals surface area contributed by atoms with E-state index >= 15 is 0 Å². The Kier molecular flexibility index (Phi) is 5.26. The number of methoxy groups -OCH3 is 1. The van der Waals surface area contributed by atoms with Crippen LogP contribution >= 0.6 is 11.3 Å². The molecule has 4 aromatic rings. The summed E-state index contributed by atoms with van der Waals surface area (Å²) < 4.78 is 24.7. The van der Waals surface area contributed by atoms with Crippen molar-refractivity contribution < 1.29 is 18.7 Å². The Labute approximate surface area is 175 Å². The van der Waals surface area contributed by atoms with Crippen molar-refractivity contribution in [1.29, 1.82) is 0 Å². The van der Waals surface area contributed by atoms with Crippen LogP contribution in [0.25, 0.3) is 21.1 Å². The maximum atomic E-state index is 13.5. The van der Waals surface area contributed by atoms with Crippen LogP contribution < -0.4 is 10.3 Å². The summed E-state index contributed by atoms with van der Waals surface area (Å²) in [7, 11) is 1.30. The normalized spacial score (nSPS) is 11.2. The zero-order valence-electron chi connectivity index (χ0n) is 16.7. The van der Waals surface area contributed by atoms with Crippen molar-refractivity contribution in [2.75, 3.05) is 13.7 Å². The molecule has 2 heterocycles. The number of thiazole rings is 1. The van der Waals surface area contributed by atoms with Gasteiger partial charge < -0.3 is 14.5 Å². The fourth-order valence-electron chi connectivity index (χ4n) is 3.45. The number of ether oxygens (including phenoxy) is 2. The molecule has 0 saturated carbocycles. The minimum absolute atomic E-state index is 0.213. The molecule has 0 bridgehead atoms. The lowest BCUT2D eigenvalue weighted by Gasteiger charge is -2.14. The van der Waals surface area contributed by atoms with Crippen LogP contribution in [-0.2, 0) is 16.0 Å². The largest absolute Gasteiger partial charge is 0.481 e. The van der Waals surface area contributed by atoms with Gasteiger partial charge in [-0.2, -0.15) is 0 Å². The second-order valence-corrected chi connectivity index (χ2v) is 8.12. The molecule has 6 nitrogen and oxygen atoms in total. The third-order valence-corrected chi connectivity index (χ3v) is 5.93. The topological polar surface area (TPSA) is 81.3 Å². The van der Waals surface area contributed by atoms with Gasteiger partial charge in [-0.1, -0.05) is 0 Å². The number of carbonyl (C=O) groups excluding carboxylic acids is 1. The number of benzene rings is 2. The number of halogens is 1. The number of pyridine rings is 1. The van der Waals surface area contributed by atoms with Crippen LogP contribution in [0.5, 0.6) is 5.75 Å². The van der Waals surface area contributed by atoms with Crippen molar-refractivity contribution >= 4 is 38.4 Å². The van der Waals surface area contributed by atoms with Gasteiger partial charge in [0, 0.05) is 23.4 Å². The van der Waals surface area contributed by atoms with Crippen molar-refractivity contribution in [1.82, 2.24) is 9.97 Å². The fraction of sp³-hybridized carbons (Fsp3) is 0.227. The van der Waals surface area contributed by atoms with Crippen LogP contribution in [0.2, 0.25) is 0 Å². The van der Waals surface area contributed by atoms with Crippen LogP contribution in [0.15, 0.2) is 35.1 Å². The molecule has 0 unspecified atom stereocenters. The molecule has 154 valence electrons. The predicted octanol–water partition coefficient (Wildman–Crippen LogP) is 4.04. The molecular weight excluding hydrogens is 407 g/mol. The first-order chi connectivity index (χ1) is 14.4. The zero-order chi connectivity index (χ0) is 21.4.